The third-order valence-electron chi connectivity index (χ3n) is 3.66. The van der Waals surface area contributed by atoms with Crippen molar-refractivity contribution in [3.05, 3.63) is 0 Å². The number of rotatable bonds is 6. The zero-order chi connectivity index (χ0) is 16.4. The molecule has 0 spiro atoms. The average Bonchev–Trinajstić information content (AvgIpc) is 2.30. The van der Waals surface area contributed by atoms with Crippen LogP contribution in [0.3, 0.4) is 0 Å². The van der Waals surface area contributed by atoms with Crippen LogP contribution >= 0.6 is 0 Å². The fourth-order valence-electron chi connectivity index (χ4n) is 2.62. The average molecular weight is 318 g/mol. The van der Waals surface area contributed by atoms with Gasteiger partial charge in [-0.15, -0.1) is 0 Å². The summed E-state index contributed by atoms with van der Waals surface area (Å²) in [6.07, 6.45) is 1.53. The van der Waals surface area contributed by atoms with Gasteiger partial charge in [-0.1, -0.05) is 27.7 Å². The fourth-order valence-corrected chi connectivity index (χ4v) is 3.27. The molecule has 7 heteroatoms. The van der Waals surface area contributed by atoms with Crippen molar-refractivity contribution >= 4 is 21.7 Å². The highest BCUT2D eigenvalue weighted by molar-refractivity contribution is 7.90. The van der Waals surface area contributed by atoms with Crippen LogP contribution in [-0.4, -0.2) is 55.8 Å². The van der Waals surface area contributed by atoms with Crippen molar-refractivity contribution in [1.82, 2.24) is 10.2 Å². The molecule has 0 bridgehead atoms. The van der Waals surface area contributed by atoms with E-state index in [1.807, 2.05) is 27.7 Å². The largest absolute Gasteiger partial charge is 0.342 e. The summed E-state index contributed by atoms with van der Waals surface area (Å²) in [4.78, 5) is 26.3. The number of hydrogen-bond donors (Lipinski definition) is 1. The van der Waals surface area contributed by atoms with Crippen LogP contribution in [0.15, 0.2) is 0 Å². The van der Waals surface area contributed by atoms with Gasteiger partial charge in [0.25, 0.3) is 0 Å². The molecule has 21 heavy (non-hydrogen) atoms. The molecular weight excluding hydrogens is 292 g/mol. The van der Waals surface area contributed by atoms with Gasteiger partial charge >= 0.3 is 0 Å². The predicted octanol–water partition coefficient (Wildman–Crippen LogP) is 0.429. The Morgan fingerprint density at radius 1 is 1.14 bits per heavy atom. The summed E-state index contributed by atoms with van der Waals surface area (Å²) in [6.45, 7) is 7.83. The van der Waals surface area contributed by atoms with Crippen molar-refractivity contribution in [2.24, 2.45) is 11.8 Å². The van der Waals surface area contributed by atoms with E-state index in [0.29, 0.717) is 13.0 Å². The lowest BCUT2D eigenvalue weighted by Gasteiger charge is -2.42. The van der Waals surface area contributed by atoms with Crippen LogP contribution in [0.1, 0.15) is 34.1 Å². The van der Waals surface area contributed by atoms with E-state index in [2.05, 4.69) is 5.32 Å². The predicted molar refractivity (Wildman–Crippen MR) is 81.4 cm³/mol. The highest BCUT2D eigenvalue weighted by Gasteiger charge is 2.42. The molecule has 1 N–H and O–H groups in total. The van der Waals surface area contributed by atoms with Gasteiger partial charge in [-0.05, 0) is 18.3 Å². The third-order valence-corrected chi connectivity index (χ3v) is 4.69. The van der Waals surface area contributed by atoms with E-state index in [1.165, 1.54) is 6.26 Å². The van der Waals surface area contributed by atoms with E-state index >= 15 is 0 Å². The molecule has 0 radical (unpaired) electrons. The van der Waals surface area contributed by atoms with Crippen molar-refractivity contribution in [2.75, 3.05) is 18.6 Å². The summed E-state index contributed by atoms with van der Waals surface area (Å²) in [5, 5.41) is 2.79. The van der Waals surface area contributed by atoms with Gasteiger partial charge in [-0.3, -0.25) is 9.59 Å². The monoisotopic (exact) mass is 318 g/mol. The van der Waals surface area contributed by atoms with E-state index in [1.54, 1.807) is 4.90 Å². The van der Waals surface area contributed by atoms with Crippen molar-refractivity contribution in [3.8, 4) is 0 Å². The summed E-state index contributed by atoms with van der Waals surface area (Å²) in [7, 11) is -3.06. The molecule has 2 atom stereocenters. The highest BCUT2D eigenvalue weighted by atomic mass is 32.2. The molecule has 122 valence electrons. The Bertz CT molecular complexity index is 499. The van der Waals surface area contributed by atoms with Crippen LogP contribution in [0.5, 0.6) is 0 Å². The van der Waals surface area contributed by atoms with Crippen LogP contribution in [0, 0.1) is 11.8 Å². The Kier molecular flexibility index (Phi) is 5.78. The van der Waals surface area contributed by atoms with Crippen LogP contribution < -0.4 is 5.32 Å². The molecule has 0 aromatic rings. The van der Waals surface area contributed by atoms with Crippen LogP contribution in [-0.2, 0) is 19.4 Å². The first-order chi connectivity index (χ1) is 9.54. The molecular formula is C14H26N2O4S. The van der Waals surface area contributed by atoms with E-state index in [9.17, 15) is 18.0 Å². The third kappa shape index (κ3) is 4.69. The zero-order valence-electron chi connectivity index (χ0n) is 13.4. The summed E-state index contributed by atoms with van der Waals surface area (Å²) in [6, 6.07) is -1.04. The molecule has 1 fully saturated rings. The number of carbonyl (C=O) groups excluding carboxylic acids is 2. The maximum atomic E-state index is 12.5. The SMILES string of the molecule is CC(C)C1NC(=O)C(C(C)C)N(CCCS(C)(=O)=O)C1=O. The number of carbonyl (C=O) groups is 2. The molecule has 1 rings (SSSR count). The molecule has 0 aromatic carbocycles. The molecule has 6 nitrogen and oxygen atoms in total. The Hall–Kier alpha value is -1.11. The number of amides is 2. The minimum atomic E-state index is -3.06. The van der Waals surface area contributed by atoms with Crippen molar-refractivity contribution < 1.29 is 18.0 Å². The second-order valence-corrected chi connectivity index (χ2v) is 8.69. The molecule has 0 aliphatic carbocycles. The van der Waals surface area contributed by atoms with Crippen molar-refractivity contribution in [3.63, 3.8) is 0 Å². The number of nitrogens with zero attached hydrogens (tertiary/aromatic N) is 1. The van der Waals surface area contributed by atoms with Gasteiger partial charge in [-0.2, -0.15) is 0 Å². The van der Waals surface area contributed by atoms with Gasteiger partial charge in [0.2, 0.25) is 11.8 Å². The van der Waals surface area contributed by atoms with E-state index in [0.717, 1.165) is 0 Å². The summed E-state index contributed by atoms with van der Waals surface area (Å²) in [5.74, 6) is -0.248. The molecule has 1 saturated heterocycles. The number of piperazine rings is 1. The zero-order valence-corrected chi connectivity index (χ0v) is 14.2. The van der Waals surface area contributed by atoms with Gasteiger partial charge in [0.15, 0.2) is 0 Å². The molecule has 0 aromatic heterocycles. The lowest BCUT2D eigenvalue weighted by atomic mass is 9.93. The lowest BCUT2D eigenvalue weighted by molar-refractivity contribution is -0.152. The molecule has 2 unspecified atom stereocenters. The Labute approximate surface area is 127 Å². The van der Waals surface area contributed by atoms with Gasteiger partial charge < -0.3 is 10.2 Å². The Morgan fingerprint density at radius 2 is 1.71 bits per heavy atom. The topological polar surface area (TPSA) is 83.6 Å². The Morgan fingerprint density at radius 3 is 2.14 bits per heavy atom. The first-order valence-corrected chi connectivity index (χ1v) is 9.39. The van der Waals surface area contributed by atoms with E-state index in [4.69, 9.17) is 0 Å². The first-order valence-electron chi connectivity index (χ1n) is 7.33. The van der Waals surface area contributed by atoms with Crippen molar-refractivity contribution in [1.29, 1.82) is 0 Å². The van der Waals surface area contributed by atoms with Crippen LogP contribution in [0.2, 0.25) is 0 Å². The van der Waals surface area contributed by atoms with E-state index < -0.39 is 21.9 Å². The normalized spacial score (nSPS) is 23.9. The quantitative estimate of drug-likeness (QED) is 0.770. The second-order valence-electron chi connectivity index (χ2n) is 6.43. The smallest absolute Gasteiger partial charge is 0.246 e. The summed E-state index contributed by atoms with van der Waals surface area (Å²) >= 11 is 0. The van der Waals surface area contributed by atoms with E-state index in [-0.39, 0.29) is 29.4 Å². The van der Waals surface area contributed by atoms with Crippen LogP contribution in [0.4, 0.5) is 0 Å². The first kappa shape index (κ1) is 17.9. The highest BCUT2D eigenvalue weighted by Crippen LogP contribution is 2.21. The fraction of sp³-hybridized carbons (Fsp3) is 0.857. The summed E-state index contributed by atoms with van der Waals surface area (Å²) < 4.78 is 22.4. The minimum Gasteiger partial charge on any atom is -0.342 e. The molecule has 2 amide bonds. The molecule has 1 heterocycles. The number of sulfone groups is 1. The van der Waals surface area contributed by atoms with Gasteiger partial charge in [0.05, 0.1) is 5.75 Å². The standard InChI is InChI=1S/C14H26N2O4S/c1-9(2)11-14(18)16(7-6-8-21(5,19)20)12(10(3)4)13(17)15-11/h9-12H,6-8H2,1-5H3,(H,15,17). The van der Waals surface area contributed by atoms with Crippen LogP contribution in [0.25, 0.3) is 0 Å². The maximum Gasteiger partial charge on any atom is 0.246 e. The lowest BCUT2D eigenvalue weighted by Crippen LogP contribution is -2.66. The number of hydrogen-bond acceptors (Lipinski definition) is 4. The Balaban J connectivity index is 2.90. The van der Waals surface area contributed by atoms with Gasteiger partial charge in [0, 0.05) is 12.8 Å². The minimum absolute atomic E-state index is 0.00645. The second kappa shape index (κ2) is 6.77. The number of nitrogens with one attached hydrogen (secondary N) is 1. The van der Waals surface area contributed by atoms with Gasteiger partial charge in [-0.25, -0.2) is 8.42 Å². The maximum absolute atomic E-state index is 12.5. The molecule has 0 saturated carbocycles. The van der Waals surface area contributed by atoms with Gasteiger partial charge in [0.1, 0.15) is 21.9 Å². The molecule has 1 aliphatic rings. The summed E-state index contributed by atoms with van der Waals surface area (Å²) in [5.41, 5.74) is 0. The molecule has 1 aliphatic heterocycles. The van der Waals surface area contributed by atoms with Crippen molar-refractivity contribution in [2.45, 2.75) is 46.2 Å².